The van der Waals surface area contributed by atoms with Gasteiger partial charge in [0, 0.05) is 17.9 Å². The van der Waals surface area contributed by atoms with Gasteiger partial charge >= 0.3 is 5.97 Å². The highest BCUT2D eigenvalue weighted by Crippen LogP contribution is 2.34. The van der Waals surface area contributed by atoms with Gasteiger partial charge in [0.15, 0.2) is 11.5 Å². The van der Waals surface area contributed by atoms with E-state index in [2.05, 4.69) is 4.98 Å². The summed E-state index contributed by atoms with van der Waals surface area (Å²) in [7, 11) is -3.89. The molecule has 9 heteroatoms. The van der Waals surface area contributed by atoms with Gasteiger partial charge in [0.2, 0.25) is 16.8 Å². The molecule has 3 aromatic rings. The topological polar surface area (TPSA) is 97.9 Å². The Kier molecular flexibility index (Phi) is 6.91. The first kappa shape index (κ1) is 24.8. The Morgan fingerprint density at radius 2 is 1.77 bits per heavy atom. The highest BCUT2D eigenvalue weighted by molar-refractivity contribution is 7.89. The van der Waals surface area contributed by atoms with Gasteiger partial charge in [0.1, 0.15) is 0 Å². The van der Waals surface area contributed by atoms with Crippen molar-refractivity contribution >= 4 is 16.0 Å². The lowest BCUT2D eigenvalue weighted by atomic mass is 10.1. The van der Waals surface area contributed by atoms with Crippen LogP contribution in [-0.2, 0) is 27.8 Å². The number of carbonyl (C=O) groups excluding carboxylic acids is 1. The van der Waals surface area contributed by atoms with Crippen molar-refractivity contribution < 1.29 is 27.4 Å². The summed E-state index contributed by atoms with van der Waals surface area (Å²) in [6, 6.07) is 10.8. The van der Waals surface area contributed by atoms with Crippen molar-refractivity contribution in [2.75, 3.05) is 13.4 Å². The van der Waals surface area contributed by atoms with Gasteiger partial charge in [0.25, 0.3) is 0 Å². The normalized spacial score (nSPS) is 12.9. The minimum absolute atomic E-state index is 0.0518. The number of rotatable bonds is 8. The van der Waals surface area contributed by atoms with Crippen LogP contribution in [0.2, 0.25) is 0 Å². The van der Waals surface area contributed by atoms with Crippen molar-refractivity contribution in [1.29, 1.82) is 0 Å². The van der Waals surface area contributed by atoms with Gasteiger partial charge in [-0.15, -0.1) is 0 Å². The van der Waals surface area contributed by atoms with Crippen LogP contribution in [0.4, 0.5) is 0 Å². The molecular formula is C26H30N2O6S. The zero-order valence-electron chi connectivity index (χ0n) is 20.6. The quantitative estimate of drug-likeness (QED) is 0.458. The predicted octanol–water partition coefficient (Wildman–Crippen LogP) is 4.54. The summed E-state index contributed by atoms with van der Waals surface area (Å²) < 4.78 is 45.4. The van der Waals surface area contributed by atoms with E-state index in [1.807, 2.05) is 25.1 Å². The van der Waals surface area contributed by atoms with Crippen LogP contribution in [0, 0.1) is 27.7 Å². The van der Waals surface area contributed by atoms with E-state index in [-0.39, 0.29) is 31.4 Å². The van der Waals surface area contributed by atoms with Crippen LogP contribution in [0.3, 0.4) is 0 Å². The summed E-state index contributed by atoms with van der Waals surface area (Å²) in [6.45, 7) is 9.54. The van der Waals surface area contributed by atoms with Crippen molar-refractivity contribution in [2.24, 2.45) is 0 Å². The number of aromatic amines is 1. The van der Waals surface area contributed by atoms with E-state index in [0.29, 0.717) is 39.6 Å². The molecule has 0 amide bonds. The Morgan fingerprint density at radius 1 is 1.03 bits per heavy atom. The smallest absolute Gasteiger partial charge is 0.340 e. The zero-order chi connectivity index (χ0) is 25.3. The summed E-state index contributed by atoms with van der Waals surface area (Å²) in [5.41, 5.74) is 4.67. The SMILES string of the molecule is CCOC(=O)c1c(C)[nH]c(CN(Cc2ccc3c(c2)OCO3)S(=O)(=O)c2cc(C)ccc2C)c1C. The number of aromatic nitrogens is 1. The largest absolute Gasteiger partial charge is 0.462 e. The van der Waals surface area contributed by atoms with Crippen LogP contribution >= 0.6 is 0 Å². The maximum atomic E-state index is 14.0. The fraction of sp³-hybridized carbons (Fsp3) is 0.346. The summed E-state index contributed by atoms with van der Waals surface area (Å²) in [6.07, 6.45) is 0. The van der Waals surface area contributed by atoms with Gasteiger partial charge in [-0.1, -0.05) is 18.2 Å². The number of ether oxygens (including phenoxy) is 3. The molecule has 0 atom stereocenters. The second kappa shape index (κ2) is 9.75. The first-order valence-electron chi connectivity index (χ1n) is 11.4. The molecule has 1 aliphatic rings. The summed E-state index contributed by atoms with van der Waals surface area (Å²) in [4.78, 5) is 15.9. The van der Waals surface area contributed by atoms with Crippen molar-refractivity contribution in [3.05, 3.63) is 75.6 Å². The van der Waals surface area contributed by atoms with Crippen LogP contribution in [0.5, 0.6) is 11.5 Å². The molecule has 0 aliphatic carbocycles. The number of H-pyrrole nitrogens is 1. The lowest BCUT2D eigenvalue weighted by Gasteiger charge is -2.24. The molecule has 0 unspecified atom stereocenters. The van der Waals surface area contributed by atoms with Crippen LogP contribution in [-0.4, -0.2) is 37.1 Å². The number of nitrogens with one attached hydrogen (secondary N) is 1. The molecule has 2 aromatic carbocycles. The monoisotopic (exact) mass is 498 g/mol. The molecule has 1 aromatic heterocycles. The molecule has 186 valence electrons. The number of hydrogen-bond acceptors (Lipinski definition) is 6. The maximum absolute atomic E-state index is 14.0. The van der Waals surface area contributed by atoms with Crippen molar-refractivity contribution in [3.63, 3.8) is 0 Å². The number of hydrogen-bond donors (Lipinski definition) is 1. The Balaban J connectivity index is 1.76. The molecule has 0 saturated heterocycles. The third-order valence-electron chi connectivity index (χ3n) is 6.11. The number of esters is 1. The fourth-order valence-corrected chi connectivity index (χ4v) is 5.96. The van der Waals surface area contributed by atoms with E-state index in [4.69, 9.17) is 14.2 Å². The summed E-state index contributed by atoms with van der Waals surface area (Å²) in [5.74, 6) is 0.792. The molecule has 1 aliphatic heterocycles. The molecule has 4 rings (SSSR count). The zero-order valence-corrected chi connectivity index (χ0v) is 21.4. The molecule has 0 bridgehead atoms. The minimum Gasteiger partial charge on any atom is -0.462 e. The second-order valence-corrected chi connectivity index (χ2v) is 10.6. The minimum atomic E-state index is -3.89. The average Bonchev–Trinajstić information content (AvgIpc) is 3.38. The molecule has 0 saturated carbocycles. The Bertz CT molecular complexity index is 1380. The third kappa shape index (κ3) is 4.92. The Hall–Kier alpha value is -3.30. The van der Waals surface area contributed by atoms with E-state index in [9.17, 15) is 13.2 Å². The van der Waals surface area contributed by atoms with Crippen LogP contribution in [0.25, 0.3) is 0 Å². The van der Waals surface area contributed by atoms with Gasteiger partial charge in [-0.3, -0.25) is 0 Å². The number of nitrogens with zero attached hydrogens (tertiary/aromatic N) is 1. The Labute approximate surface area is 205 Å². The molecule has 0 radical (unpaired) electrons. The summed E-state index contributed by atoms with van der Waals surface area (Å²) in [5, 5.41) is 0. The number of aryl methyl sites for hydroxylation is 3. The van der Waals surface area contributed by atoms with Gasteiger partial charge in [-0.2, -0.15) is 4.31 Å². The van der Waals surface area contributed by atoms with E-state index in [1.165, 1.54) is 4.31 Å². The lowest BCUT2D eigenvalue weighted by Crippen LogP contribution is -2.31. The van der Waals surface area contributed by atoms with Gasteiger partial charge in [-0.25, -0.2) is 13.2 Å². The molecule has 0 fully saturated rings. The predicted molar refractivity (Wildman–Crippen MR) is 131 cm³/mol. The fourth-order valence-electron chi connectivity index (χ4n) is 4.25. The van der Waals surface area contributed by atoms with E-state index < -0.39 is 16.0 Å². The number of sulfonamides is 1. The Morgan fingerprint density at radius 3 is 2.51 bits per heavy atom. The highest BCUT2D eigenvalue weighted by atomic mass is 32.2. The van der Waals surface area contributed by atoms with E-state index in [1.54, 1.807) is 45.9 Å². The average molecular weight is 499 g/mol. The van der Waals surface area contributed by atoms with Gasteiger partial charge in [0.05, 0.1) is 23.6 Å². The van der Waals surface area contributed by atoms with E-state index in [0.717, 1.165) is 11.1 Å². The van der Waals surface area contributed by atoms with Gasteiger partial charge < -0.3 is 19.2 Å². The number of carbonyl (C=O) groups is 1. The lowest BCUT2D eigenvalue weighted by molar-refractivity contribution is 0.0525. The molecular weight excluding hydrogens is 468 g/mol. The molecule has 2 heterocycles. The second-order valence-electron chi connectivity index (χ2n) is 8.68. The first-order chi connectivity index (χ1) is 16.6. The van der Waals surface area contributed by atoms with Crippen molar-refractivity contribution in [1.82, 2.24) is 9.29 Å². The molecule has 35 heavy (non-hydrogen) atoms. The van der Waals surface area contributed by atoms with E-state index >= 15 is 0 Å². The van der Waals surface area contributed by atoms with Gasteiger partial charge in [-0.05, 0) is 75.1 Å². The molecule has 1 N–H and O–H groups in total. The van der Waals surface area contributed by atoms with Crippen LogP contribution in [0.1, 0.15) is 50.9 Å². The first-order valence-corrected chi connectivity index (χ1v) is 12.9. The standard InChI is InChI=1S/C26H30N2O6S/c1-6-32-26(29)25-18(4)21(27-19(25)5)14-28(13-20-9-10-22-23(12-20)34-15-33-22)35(30,31)24-11-16(2)7-8-17(24)3/h7-12,27H,6,13-15H2,1-5H3. The van der Waals surface area contributed by atoms with Crippen molar-refractivity contribution in [2.45, 2.75) is 52.6 Å². The number of benzene rings is 2. The summed E-state index contributed by atoms with van der Waals surface area (Å²) >= 11 is 0. The number of fused-ring (bicyclic) bond motifs is 1. The molecule has 8 nitrogen and oxygen atoms in total. The maximum Gasteiger partial charge on any atom is 0.340 e. The molecule has 0 spiro atoms. The van der Waals surface area contributed by atoms with Crippen molar-refractivity contribution in [3.8, 4) is 11.5 Å². The van der Waals surface area contributed by atoms with Crippen LogP contribution < -0.4 is 9.47 Å². The van der Waals surface area contributed by atoms with Crippen LogP contribution in [0.15, 0.2) is 41.3 Å². The third-order valence-corrected chi connectivity index (χ3v) is 8.05. The highest BCUT2D eigenvalue weighted by Gasteiger charge is 2.30.